The number of hydrogen-bond acceptors (Lipinski definition) is 6. The summed E-state index contributed by atoms with van der Waals surface area (Å²) >= 11 is 1.39. The van der Waals surface area contributed by atoms with E-state index >= 15 is 0 Å². The van der Waals surface area contributed by atoms with Crippen LogP contribution in [0.4, 0.5) is 5.00 Å². The van der Waals surface area contributed by atoms with E-state index in [1.807, 2.05) is 5.38 Å². The van der Waals surface area contributed by atoms with Crippen LogP contribution in [-0.4, -0.2) is 68.7 Å². The van der Waals surface area contributed by atoms with Crippen molar-refractivity contribution >= 4 is 22.2 Å². The number of carbonyl (C=O) groups excluding carboxylic acids is 1. The molecule has 0 spiro atoms. The summed E-state index contributed by atoms with van der Waals surface area (Å²) in [6.07, 6.45) is 0.459. The molecule has 2 rings (SSSR count). The molecule has 7 heteroatoms. The lowest BCUT2D eigenvalue weighted by molar-refractivity contribution is -0.116. The lowest BCUT2D eigenvalue weighted by Crippen LogP contribution is -2.47. The highest BCUT2D eigenvalue weighted by Gasteiger charge is 2.17. The zero-order valence-corrected chi connectivity index (χ0v) is 13.7. The zero-order chi connectivity index (χ0) is 15.8. The summed E-state index contributed by atoms with van der Waals surface area (Å²) in [4.78, 5) is 16.6. The van der Waals surface area contributed by atoms with Crippen molar-refractivity contribution in [3.8, 4) is 6.07 Å². The normalized spacial score (nSPS) is 16.4. The third kappa shape index (κ3) is 5.07. The van der Waals surface area contributed by atoms with Gasteiger partial charge in [-0.25, -0.2) is 0 Å². The summed E-state index contributed by atoms with van der Waals surface area (Å²) in [7, 11) is 1.72. The van der Waals surface area contributed by atoms with Crippen LogP contribution in [0.5, 0.6) is 0 Å². The Labute approximate surface area is 135 Å². The van der Waals surface area contributed by atoms with Crippen molar-refractivity contribution in [2.24, 2.45) is 0 Å². The number of piperazine rings is 1. The largest absolute Gasteiger partial charge is 0.383 e. The van der Waals surface area contributed by atoms with E-state index in [2.05, 4.69) is 21.2 Å². The molecule has 1 fully saturated rings. The fourth-order valence-corrected chi connectivity index (χ4v) is 3.15. The lowest BCUT2D eigenvalue weighted by atomic mass is 10.2. The minimum Gasteiger partial charge on any atom is -0.383 e. The maximum absolute atomic E-state index is 12.0. The van der Waals surface area contributed by atoms with Gasteiger partial charge in [0, 0.05) is 52.8 Å². The Balaban J connectivity index is 1.66. The Hall–Kier alpha value is -1.46. The van der Waals surface area contributed by atoms with E-state index < -0.39 is 0 Å². The van der Waals surface area contributed by atoms with Crippen LogP contribution >= 0.6 is 11.3 Å². The Morgan fingerprint density at radius 3 is 2.68 bits per heavy atom. The standard InChI is InChI=1S/C15H22N4O2S/c1-21-10-9-19-7-5-18(6-8-19)4-2-14(20)17-15-13(12-16)3-11-22-15/h3,11H,2,4-10H2,1H3,(H,17,20). The van der Waals surface area contributed by atoms with Gasteiger partial charge >= 0.3 is 0 Å². The van der Waals surface area contributed by atoms with Crippen molar-refractivity contribution in [2.75, 3.05) is 58.3 Å². The molecule has 1 aliphatic rings. The summed E-state index contributed by atoms with van der Waals surface area (Å²) in [6.45, 7) is 6.52. The molecule has 0 bridgehead atoms. The molecule has 0 unspecified atom stereocenters. The number of ether oxygens (including phenoxy) is 1. The second-order valence-corrected chi connectivity index (χ2v) is 6.17. The van der Waals surface area contributed by atoms with E-state index in [0.717, 1.165) is 45.9 Å². The average Bonchev–Trinajstić information content (AvgIpc) is 2.99. The number of nitrogens with one attached hydrogen (secondary N) is 1. The van der Waals surface area contributed by atoms with Crippen molar-refractivity contribution < 1.29 is 9.53 Å². The predicted molar refractivity (Wildman–Crippen MR) is 87.0 cm³/mol. The van der Waals surface area contributed by atoms with Gasteiger partial charge in [-0.2, -0.15) is 5.26 Å². The van der Waals surface area contributed by atoms with Gasteiger partial charge in [0.1, 0.15) is 11.1 Å². The van der Waals surface area contributed by atoms with Gasteiger partial charge in [-0.15, -0.1) is 11.3 Å². The third-order valence-corrected chi connectivity index (χ3v) is 4.60. The fraction of sp³-hybridized carbons (Fsp3) is 0.600. The van der Waals surface area contributed by atoms with E-state index in [-0.39, 0.29) is 5.91 Å². The summed E-state index contributed by atoms with van der Waals surface area (Å²) < 4.78 is 5.09. The van der Waals surface area contributed by atoms with Crippen molar-refractivity contribution in [1.29, 1.82) is 5.26 Å². The van der Waals surface area contributed by atoms with Gasteiger partial charge in [0.2, 0.25) is 5.91 Å². The maximum Gasteiger partial charge on any atom is 0.226 e. The van der Waals surface area contributed by atoms with Gasteiger partial charge in [-0.05, 0) is 11.4 Å². The number of anilines is 1. The van der Waals surface area contributed by atoms with Crippen molar-refractivity contribution in [3.63, 3.8) is 0 Å². The van der Waals surface area contributed by atoms with Gasteiger partial charge < -0.3 is 15.0 Å². The molecule has 0 saturated carbocycles. The molecule has 2 heterocycles. The molecule has 1 N–H and O–H groups in total. The Kier molecular flexibility index (Phi) is 6.80. The first kappa shape index (κ1) is 16.9. The first-order valence-electron chi connectivity index (χ1n) is 7.44. The van der Waals surface area contributed by atoms with Crippen LogP contribution in [-0.2, 0) is 9.53 Å². The quantitative estimate of drug-likeness (QED) is 0.817. The number of rotatable bonds is 7. The number of amides is 1. The molecule has 1 aromatic heterocycles. The minimum absolute atomic E-state index is 0.0271. The van der Waals surface area contributed by atoms with E-state index in [9.17, 15) is 4.79 Å². The molecule has 1 aromatic rings. The van der Waals surface area contributed by atoms with E-state index in [1.165, 1.54) is 11.3 Å². The van der Waals surface area contributed by atoms with Gasteiger partial charge in [-0.1, -0.05) is 0 Å². The monoisotopic (exact) mass is 322 g/mol. The molecule has 1 saturated heterocycles. The summed E-state index contributed by atoms with van der Waals surface area (Å²) in [6, 6.07) is 3.80. The van der Waals surface area contributed by atoms with Gasteiger partial charge in [-0.3, -0.25) is 9.69 Å². The number of carbonyl (C=O) groups is 1. The minimum atomic E-state index is -0.0271. The summed E-state index contributed by atoms with van der Waals surface area (Å²) in [5, 5.41) is 14.2. The second kappa shape index (κ2) is 8.86. The zero-order valence-electron chi connectivity index (χ0n) is 12.9. The topological polar surface area (TPSA) is 68.6 Å². The molecule has 0 radical (unpaired) electrons. The van der Waals surface area contributed by atoms with Gasteiger partial charge in [0.05, 0.1) is 12.2 Å². The summed E-state index contributed by atoms with van der Waals surface area (Å²) in [5.74, 6) is -0.0271. The van der Waals surface area contributed by atoms with E-state index in [1.54, 1.807) is 13.2 Å². The number of thiophene rings is 1. The average molecular weight is 322 g/mol. The van der Waals surface area contributed by atoms with Crippen molar-refractivity contribution in [2.45, 2.75) is 6.42 Å². The first-order chi connectivity index (χ1) is 10.7. The predicted octanol–water partition coefficient (Wildman–Crippen LogP) is 1.21. The Morgan fingerprint density at radius 2 is 2.05 bits per heavy atom. The Bertz CT molecular complexity index is 518. The van der Waals surface area contributed by atoms with Gasteiger partial charge in [0.25, 0.3) is 0 Å². The smallest absolute Gasteiger partial charge is 0.226 e. The van der Waals surface area contributed by atoms with Crippen LogP contribution < -0.4 is 5.32 Å². The van der Waals surface area contributed by atoms with Crippen LogP contribution in [0.2, 0.25) is 0 Å². The molecule has 22 heavy (non-hydrogen) atoms. The molecule has 0 aromatic carbocycles. The molecule has 0 atom stereocenters. The SMILES string of the molecule is COCCN1CCN(CCC(=O)Nc2sccc2C#N)CC1. The molecule has 1 amide bonds. The number of nitrogens with zero attached hydrogens (tertiary/aromatic N) is 3. The van der Waals surface area contributed by atoms with Crippen LogP contribution in [0, 0.1) is 11.3 Å². The highest BCUT2D eigenvalue weighted by Crippen LogP contribution is 2.22. The number of nitriles is 1. The van der Waals surface area contributed by atoms with Gasteiger partial charge in [0.15, 0.2) is 0 Å². The molecule has 120 valence electrons. The van der Waals surface area contributed by atoms with Crippen molar-refractivity contribution in [1.82, 2.24) is 9.80 Å². The molecule has 6 nitrogen and oxygen atoms in total. The highest BCUT2D eigenvalue weighted by atomic mass is 32.1. The van der Waals surface area contributed by atoms with Crippen LogP contribution in [0.3, 0.4) is 0 Å². The van der Waals surface area contributed by atoms with Crippen LogP contribution in [0.15, 0.2) is 11.4 Å². The van der Waals surface area contributed by atoms with Crippen molar-refractivity contribution in [3.05, 3.63) is 17.0 Å². The highest BCUT2D eigenvalue weighted by molar-refractivity contribution is 7.14. The van der Waals surface area contributed by atoms with E-state index in [0.29, 0.717) is 17.0 Å². The molecule has 0 aliphatic carbocycles. The first-order valence-corrected chi connectivity index (χ1v) is 8.32. The number of hydrogen-bond donors (Lipinski definition) is 1. The Morgan fingerprint density at radius 1 is 1.36 bits per heavy atom. The fourth-order valence-electron chi connectivity index (χ4n) is 2.40. The summed E-state index contributed by atoms with van der Waals surface area (Å²) in [5.41, 5.74) is 0.533. The number of methoxy groups -OCH3 is 1. The van der Waals surface area contributed by atoms with Crippen LogP contribution in [0.25, 0.3) is 0 Å². The maximum atomic E-state index is 12.0. The van der Waals surface area contributed by atoms with Crippen LogP contribution in [0.1, 0.15) is 12.0 Å². The molecular weight excluding hydrogens is 300 g/mol. The van der Waals surface area contributed by atoms with E-state index in [4.69, 9.17) is 10.00 Å². The molecule has 1 aliphatic heterocycles. The lowest BCUT2D eigenvalue weighted by Gasteiger charge is -2.34. The third-order valence-electron chi connectivity index (χ3n) is 3.77. The molecular formula is C15H22N4O2S. The second-order valence-electron chi connectivity index (χ2n) is 5.25.